The van der Waals surface area contributed by atoms with Gasteiger partial charge in [0.05, 0.1) is 7.11 Å². The molecule has 0 unspecified atom stereocenters. The summed E-state index contributed by atoms with van der Waals surface area (Å²) in [5.74, 6) is 1.09. The van der Waals surface area contributed by atoms with E-state index in [0.717, 1.165) is 22.6 Å². The average molecular weight is 390 g/mol. The van der Waals surface area contributed by atoms with Crippen molar-refractivity contribution in [1.29, 1.82) is 0 Å². The summed E-state index contributed by atoms with van der Waals surface area (Å²) in [5.41, 5.74) is 3.06. The van der Waals surface area contributed by atoms with Crippen LogP contribution in [0, 0.1) is 0 Å². The second kappa shape index (κ2) is 8.73. The molecule has 1 heterocycles. The van der Waals surface area contributed by atoms with E-state index < -0.39 is 0 Å². The van der Waals surface area contributed by atoms with Gasteiger partial charge in [-0.15, -0.1) is 0 Å². The molecule has 0 aliphatic heterocycles. The molecule has 0 saturated heterocycles. The number of nitrogens with zero attached hydrogens (tertiary/aromatic N) is 2. The lowest BCUT2D eigenvalue weighted by molar-refractivity contribution is 0.102. The van der Waals surface area contributed by atoms with E-state index in [-0.39, 0.29) is 11.3 Å². The third kappa shape index (κ3) is 5.10. The lowest BCUT2D eigenvalue weighted by atomic mass is 9.86. The van der Waals surface area contributed by atoms with E-state index in [1.54, 1.807) is 13.2 Å². The summed E-state index contributed by atoms with van der Waals surface area (Å²) < 4.78 is 5.36. The van der Waals surface area contributed by atoms with Gasteiger partial charge in [-0.2, -0.15) is 0 Å². The number of amides is 1. The predicted molar refractivity (Wildman–Crippen MR) is 115 cm³/mol. The highest BCUT2D eigenvalue weighted by Crippen LogP contribution is 2.29. The zero-order valence-electron chi connectivity index (χ0n) is 17.2. The number of nitrogens with one attached hydrogen (secondary N) is 2. The second-order valence-corrected chi connectivity index (χ2v) is 7.70. The number of carbonyl (C=O) groups is 1. The molecule has 0 atom stereocenters. The Kier molecular flexibility index (Phi) is 6.12. The molecular weight excluding hydrogens is 364 g/mol. The van der Waals surface area contributed by atoms with Gasteiger partial charge in [-0.25, -0.2) is 9.97 Å². The Morgan fingerprint density at radius 2 is 1.76 bits per heavy atom. The standard InChI is InChI=1S/C23H26N4O2/c1-23(2,3)17-10-6-7-11-18(17)27-22(28)19-13-21(26-15-25-19)24-14-16-9-5-8-12-20(16)29-4/h5-13,15H,14H2,1-4H3,(H,27,28)(H,24,25,26). The number of hydrogen-bond donors (Lipinski definition) is 2. The molecule has 0 fully saturated rings. The first kappa shape index (κ1) is 20.3. The van der Waals surface area contributed by atoms with Crippen molar-refractivity contribution in [2.75, 3.05) is 17.7 Å². The number of benzene rings is 2. The van der Waals surface area contributed by atoms with E-state index in [4.69, 9.17) is 4.74 Å². The van der Waals surface area contributed by atoms with Crippen LogP contribution in [-0.4, -0.2) is 23.0 Å². The highest BCUT2D eigenvalue weighted by molar-refractivity contribution is 6.03. The van der Waals surface area contributed by atoms with Crippen molar-refractivity contribution >= 4 is 17.4 Å². The van der Waals surface area contributed by atoms with Crippen LogP contribution in [-0.2, 0) is 12.0 Å². The van der Waals surface area contributed by atoms with E-state index in [1.165, 1.54) is 6.33 Å². The monoisotopic (exact) mass is 390 g/mol. The molecule has 0 bridgehead atoms. The Bertz CT molecular complexity index is 996. The quantitative estimate of drug-likeness (QED) is 0.641. The minimum Gasteiger partial charge on any atom is -0.496 e. The number of para-hydroxylation sites is 2. The largest absolute Gasteiger partial charge is 0.496 e. The van der Waals surface area contributed by atoms with Gasteiger partial charge in [0.25, 0.3) is 5.91 Å². The molecule has 6 heteroatoms. The smallest absolute Gasteiger partial charge is 0.274 e. The molecule has 0 aliphatic carbocycles. The molecular formula is C23H26N4O2. The number of rotatable bonds is 6. The number of ether oxygens (including phenoxy) is 1. The van der Waals surface area contributed by atoms with Gasteiger partial charge < -0.3 is 15.4 Å². The van der Waals surface area contributed by atoms with Crippen LogP contribution < -0.4 is 15.4 Å². The van der Waals surface area contributed by atoms with Crippen molar-refractivity contribution in [3.05, 3.63) is 77.7 Å². The fourth-order valence-electron chi connectivity index (χ4n) is 3.05. The summed E-state index contributed by atoms with van der Waals surface area (Å²) >= 11 is 0. The molecule has 0 spiro atoms. The van der Waals surface area contributed by atoms with Crippen molar-refractivity contribution in [3.8, 4) is 5.75 Å². The Morgan fingerprint density at radius 3 is 2.52 bits per heavy atom. The summed E-state index contributed by atoms with van der Waals surface area (Å²) in [6.45, 7) is 6.86. The van der Waals surface area contributed by atoms with Crippen molar-refractivity contribution in [2.24, 2.45) is 0 Å². The Hall–Kier alpha value is -3.41. The Morgan fingerprint density at radius 1 is 1.03 bits per heavy atom. The lowest BCUT2D eigenvalue weighted by Crippen LogP contribution is -2.19. The highest BCUT2D eigenvalue weighted by atomic mass is 16.5. The third-order valence-electron chi connectivity index (χ3n) is 4.54. The van der Waals surface area contributed by atoms with Gasteiger partial charge >= 0.3 is 0 Å². The van der Waals surface area contributed by atoms with E-state index in [9.17, 15) is 4.79 Å². The van der Waals surface area contributed by atoms with Gasteiger partial charge in [-0.3, -0.25) is 4.79 Å². The Balaban J connectivity index is 1.74. The first-order chi connectivity index (χ1) is 13.9. The molecule has 1 aromatic heterocycles. The first-order valence-electron chi connectivity index (χ1n) is 9.47. The summed E-state index contributed by atoms with van der Waals surface area (Å²) in [5, 5.41) is 6.19. The third-order valence-corrected chi connectivity index (χ3v) is 4.54. The fraction of sp³-hybridized carbons (Fsp3) is 0.261. The van der Waals surface area contributed by atoms with Gasteiger partial charge in [0.1, 0.15) is 23.6 Å². The molecule has 1 amide bonds. The second-order valence-electron chi connectivity index (χ2n) is 7.70. The zero-order chi connectivity index (χ0) is 20.9. The number of hydrogen-bond acceptors (Lipinski definition) is 5. The normalized spacial score (nSPS) is 11.0. The highest BCUT2D eigenvalue weighted by Gasteiger charge is 2.19. The van der Waals surface area contributed by atoms with E-state index in [2.05, 4.69) is 41.4 Å². The topological polar surface area (TPSA) is 76.1 Å². The predicted octanol–water partition coefficient (Wildman–Crippen LogP) is 4.65. The van der Waals surface area contributed by atoms with Crippen LogP contribution in [0.2, 0.25) is 0 Å². The summed E-state index contributed by atoms with van der Waals surface area (Å²) in [6, 6.07) is 17.2. The number of anilines is 2. The van der Waals surface area contributed by atoms with Gasteiger partial charge in [0.2, 0.25) is 0 Å². The van der Waals surface area contributed by atoms with Crippen LogP contribution in [0.1, 0.15) is 42.4 Å². The maximum absolute atomic E-state index is 12.8. The van der Waals surface area contributed by atoms with Crippen molar-refractivity contribution in [1.82, 2.24) is 9.97 Å². The van der Waals surface area contributed by atoms with Crippen molar-refractivity contribution < 1.29 is 9.53 Å². The van der Waals surface area contributed by atoms with Crippen LogP contribution >= 0.6 is 0 Å². The molecule has 2 aromatic carbocycles. The molecule has 3 aromatic rings. The fourth-order valence-corrected chi connectivity index (χ4v) is 3.05. The van der Waals surface area contributed by atoms with Crippen molar-refractivity contribution in [2.45, 2.75) is 32.7 Å². The number of carbonyl (C=O) groups excluding carboxylic acids is 1. The first-order valence-corrected chi connectivity index (χ1v) is 9.47. The van der Waals surface area contributed by atoms with Gasteiger partial charge in [-0.05, 0) is 23.1 Å². The minimum atomic E-state index is -0.274. The minimum absolute atomic E-state index is 0.0863. The number of aromatic nitrogens is 2. The SMILES string of the molecule is COc1ccccc1CNc1cc(C(=O)Nc2ccccc2C(C)(C)C)ncn1. The molecule has 29 heavy (non-hydrogen) atoms. The summed E-state index contributed by atoms with van der Waals surface area (Å²) in [7, 11) is 1.64. The molecule has 0 aliphatic rings. The van der Waals surface area contributed by atoms with Crippen LogP contribution in [0.4, 0.5) is 11.5 Å². The maximum Gasteiger partial charge on any atom is 0.274 e. The summed E-state index contributed by atoms with van der Waals surface area (Å²) in [6.07, 6.45) is 1.38. The van der Waals surface area contributed by atoms with Gasteiger partial charge in [-0.1, -0.05) is 57.2 Å². The average Bonchev–Trinajstić information content (AvgIpc) is 2.72. The van der Waals surface area contributed by atoms with Crippen LogP contribution in [0.5, 0.6) is 5.75 Å². The van der Waals surface area contributed by atoms with Gasteiger partial charge in [0, 0.05) is 23.9 Å². The van der Waals surface area contributed by atoms with E-state index in [1.807, 2.05) is 48.5 Å². The van der Waals surface area contributed by atoms with E-state index >= 15 is 0 Å². The number of methoxy groups -OCH3 is 1. The molecule has 6 nitrogen and oxygen atoms in total. The molecule has 0 saturated carbocycles. The molecule has 150 valence electrons. The maximum atomic E-state index is 12.8. The van der Waals surface area contributed by atoms with Crippen molar-refractivity contribution in [3.63, 3.8) is 0 Å². The molecule has 0 radical (unpaired) electrons. The summed E-state index contributed by atoms with van der Waals surface area (Å²) in [4.78, 5) is 21.1. The Labute approximate surface area is 171 Å². The van der Waals surface area contributed by atoms with Crippen LogP contribution in [0.3, 0.4) is 0 Å². The zero-order valence-corrected chi connectivity index (χ0v) is 17.2. The molecule has 2 N–H and O–H groups in total. The lowest BCUT2D eigenvalue weighted by Gasteiger charge is -2.22. The van der Waals surface area contributed by atoms with Crippen LogP contribution in [0.25, 0.3) is 0 Å². The van der Waals surface area contributed by atoms with Gasteiger partial charge in [0.15, 0.2) is 0 Å². The molecule has 3 rings (SSSR count). The van der Waals surface area contributed by atoms with E-state index in [0.29, 0.717) is 18.1 Å². The van der Waals surface area contributed by atoms with Crippen LogP contribution in [0.15, 0.2) is 60.9 Å².